The van der Waals surface area contributed by atoms with Gasteiger partial charge in [-0.3, -0.25) is 14.5 Å². The van der Waals surface area contributed by atoms with E-state index in [4.69, 9.17) is 4.74 Å². The van der Waals surface area contributed by atoms with Crippen molar-refractivity contribution in [2.75, 3.05) is 4.72 Å². The van der Waals surface area contributed by atoms with Crippen molar-refractivity contribution < 1.29 is 17.9 Å². The second kappa shape index (κ2) is 11.0. The van der Waals surface area contributed by atoms with Gasteiger partial charge in [0.2, 0.25) is 5.91 Å². The van der Waals surface area contributed by atoms with Crippen LogP contribution in [0.15, 0.2) is 94.6 Å². The molecule has 2 heterocycles. The largest absolute Gasteiger partial charge is 0.487 e. The fourth-order valence-corrected chi connectivity index (χ4v) is 5.16. The Morgan fingerprint density at radius 1 is 0.912 bits per heavy atom. The molecule has 2 aromatic heterocycles. The number of carbonyl (C=O) groups excluding carboxylic acids is 1. The van der Waals surface area contributed by atoms with Crippen LogP contribution in [0.25, 0.3) is 0 Å². The molecule has 174 valence electrons. The van der Waals surface area contributed by atoms with Crippen LogP contribution in [-0.2, 0) is 34.4 Å². The van der Waals surface area contributed by atoms with E-state index in [9.17, 15) is 13.2 Å². The standard InChI is InChI=1S/C25H23N3O4S2/c29-24(16-19-6-10-21(11-7-19)28-34(30,31)25-5-3-15-33-25)27-17-20-8-12-23(13-9-20)32-18-22-4-1-2-14-26-22/h1-15,28H,16-18H2,(H,27,29). The SMILES string of the molecule is O=C(Cc1ccc(NS(=O)(=O)c2cccs2)cc1)NCc1ccc(OCc2ccccn2)cc1. The molecule has 0 aliphatic carbocycles. The summed E-state index contributed by atoms with van der Waals surface area (Å²) in [6, 6.07) is 23.2. The number of sulfonamides is 1. The van der Waals surface area contributed by atoms with Crippen molar-refractivity contribution in [3.63, 3.8) is 0 Å². The fraction of sp³-hybridized carbons (Fsp3) is 0.120. The lowest BCUT2D eigenvalue weighted by atomic mass is 10.1. The summed E-state index contributed by atoms with van der Waals surface area (Å²) < 4.78 is 33.1. The summed E-state index contributed by atoms with van der Waals surface area (Å²) in [6.45, 7) is 0.795. The number of thiophene rings is 1. The van der Waals surface area contributed by atoms with Gasteiger partial charge in [0.05, 0.1) is 12.1 Å². The maximum Gasteiger partial charge on any atom is 0.271 e. The summed E-state index contributed by atoms with van der Waals surface area (Å²) in [5.74, 6) is 0.609. The average molecular weight is 494 g/mol. The third kappa shape index (κ3) is 6.66. The lowest BCUT2D eigenvalue weighted by Crippen LogP contribution is -2.24. The third-order valence-electron chi connectivity index (χ3n) is 4.86. The minimum absolute atomic E-state index is 0.123. The second-order valence-corrected chi connectivity index (χ2v) is 10.3. The molecule has 1 amide bonds. The van der Waals surface area contributed by atoms with Gasteiger partial charge < -0.3 is 10.1 Å². The Kier molecular flexibility index (Phi) is 7.56. The molecule has 2 N–H and O–H groups in total. The summed E-state index contributed by atoms with van der Waals surface area (Å²) in [7, 11) is -3.59. The van der Waals surface area contributed by atoms with Crippen molar-refractivity contribution in [3.05, 3.63) is 107 Å². The Hall–Kier alpha value is -3.69. The Labute approximate surface area is 202 Å². The molecule has 0 fully saturated rings. The van der Waals surface area contributed by atoms with E-state index in [1.165, 1.54) is 0 Å². The van der Waals surface area contributed by atoms with Gasteiger partial charge in [-0.1, -0.05) is 36.4 Å². The Morgan fingerprint density at radius 2 is 1.68 bits per heavy atom. The lowest BCUT2D eigenvalue weighted by molar-refractivity contribution is -0.120. The zero-order valence-corrected chi connectivity index (χ0v) is 19.8. The van der Waals surface area contributed by atoms with Crippen LogP contribution in [0.5, 0.6) is 5.75 Å². The lowest BCUT2D eigenvalue weighted by Gasteiger charge is -2.09. The minimum Gasteiger partial charge on any atom is -0.487 e. The molecule has 0 bridgehead atoms. The highest BCUT2D eigenvalue weighted by atomic mass is 32.2. The molecular weight excluding hydrogens is 470 g/mol. The predicted molar refractivity (Wildman–Crippen MR) is 132 cm³/mol. The number of hydrogen-bond acceptors (Lipinski definition) is 6. The second-order valence-electron chi connectivity index (χ2n) is 7.44. The van der Waals surface area contributed by atoms with Gasteiger partial charge in [-0.15, -0.1) is 11.3 Å². The van der Waals surface area contributed by atoms with Gasteiger partial charge in [0.15, 0.2) is 0 Å². The highest BCUT2D eigenvalue weighted by Crippen LogP contribution is 2.20. The van der Waals surface area contributed by atoms with E-state index in [-0.39, 0.29) is 16.5 Å². The molecule has 4 rings (SSSR count). The first-order valence-corrected chi connectivity index (χ1v) is 12.9. The van der Waals surface area contributed by atoms with E-state index in [1.807, 2.05) is 42.5 Å². The number of carbonyl (C=O) groups is 1. The number of benzene rings is 2. The van der Waals surface area contributed by atoms with E-state index >= 15 is 0 Å². The average Bonchev–Trinajstić information content (AvgIpc) is 3.40. The normalized spacial score (nSPS) is 11.1. The zero-order chi connectivity index (χ0) is 23.8. The number of aromatic nitrogens is 1. The van der Waals surface area contributed by atoms with Crippen LogP contribution in [0, 0.1) is 0 Å². The van der Waals surface area contributed by atoms with Crippen LogP contribution in [0.1, 0.15) is 16.8 Å². The number of nitrogens with zero attached hydrogens (tertiary/aromatic N) is 1. The van der Waals surface area contributed by atoms with Gasteiger partial charge >= 0.3 is 0 Å². The van der Waals surface area contributed by atoms with E-state index in [0.29, 0.717) is 18.8 Å². The van der Waals surface area contributed by atoms with E-state index < -0.39 is 10.0 Å². The Bertz CT molecular complexity index is 1310. The maximum atomic E-state index is 12.3. The van der Waals surface area contributed by atoms with Crippen molar-refractivity contribution in [2.45, 2.75) is 23.8 Å². The Balaban J connectivity index is 1.23. The molecule has 4 aromatic rings. The van der Waals surface area contributed by atoms with Crippen LogP contribution >= 0.6 is 11.3 Å². The van der Waals surface area contributed by atoms with Gasteiger partial charge in [-0.25, -0.2) is 8.42 Å². The van der Waals surface area contributed by atoms with E-state index in [2.05, 4.69) is 15.0 Å². The van der Waals surface area contributed by atoms with Gasteiger partial charge in [-0.05, 0) is 59.0 Å². The van der Waals surface area contributed by atoms with Gasteiger partial charge in [-0.2, -0.15) is 0 Å². The fourth-order valence-electron chi connectivity index (χ4n) is 3.11. The molecular formula is C25H23N3O4S2. The van der Waals surface area contributed by atoms with Crippen molar-refractivity contribution in [1.29, 1.82) is 0 Å². The molecule has 0 saturated heterocycles. The number of ether oxygens (including phenoxy) is 1. The molecule has 0 aliphatic rings. The summed E-state index contributed by atoms with van der Waals surface area (Å²) in [4.78, 5) is 16.6. The first kappa shape index (κ1) is 23.5. The van der Waals surface area contributed by atoms with E-state index in [0.717, 1.165) is 33.9 Å². The van der Waals surface area contributed by atoms with Gasteiger partial charge in [0.25, 0.3) is 10.0 Å². The molecule has 0 unspecified atom stereocenters. The van der Waals surface area contributed by atoms with E-state index in [1.54, 1.807) is 48.0 Å². The summed E-state index contributed by atoms with van der Waals surface area (Å²) in [5, 5.41) is 4.61. The van der Waals surface area contributed by atoms with Crippen LogP contribution in [0.4, 0.5) is 5.69 Å². The number of rotatable bonds is 10. The molecule has 0 radical (unpaired) electrons. The van der Waals surface area contributed by atoms with Crippen molar-refractivity contribution in [2.24, 2.45) is 0 Å². The van der Waals surface area contributed by atoms with Crippen LogP contribution in [-0.4, -0.2) is 19.3 Å². The van der Waals surface area contributed by atoms with Crippen molar-refractivity contribution in [3.8, 4) is 5.75 Å². The molecule has 0 atom stereocenters. The van der Waals surface area contributed by atoms with Crippen molar-refractivity contribution >= 4 is 33.0 Å². The number of nitrogens with one attached hydrogen (secondary N) is 2. The number of anilines is 1. The molecule has 7 nitrogen and oxygen atoms in total. The molecule has 2 aromatic carbocycles. The summed E-state index contributed by atoms with van der Waals surface area (Å²) in [5.41, 5.74) is 3.04. The zero-order valence-electron chi connectivity index (χ0n) is 18.2. The molecule has 0 saturated carbocycles. The first-order valence-electron chi connectivity index (χ1n) is 10.5. The first-order chi connectivity index (χ1) is 16.5. The number of amides is 1. The molecule has 9 heteroatoms. The van der Waals surface area contributed by atoms with Crippen molar-refractivity contribution in [1.82, 2.24) is 10.3 Å². The third-order valence-corrected chi connectivity index (χ3v) is 7.64. The summed E-state index contributed by atoms with van der Waals surface area (Å²) in [6.07, 6.45) is 1.93. The van der Waals surface area contributed by atoms with Crippen LogP contribution in [0.3, 0.4) is 0 Å². The Morgan fingerprint density at radius 3 is 2.35 bits per heavy atom. The molecule has 0 spiro atoms. The highest BCUT2D eigenvalue weighted by Gasteiger charge is 2.15. The highest BCUT2D eigenvalue weighted by molar-refractivity contribution is 7.94. The maximum absolute atomic E-state index is 12.3. The number of hydrogen-bond donors (Lipinski definition) is 2. The molecule has 34 heavy (non-hydrogen) atoms. The number of pyridine rings is 1. The monoisotopic (exact) mass is 493 g/mol. The van der Waals surface area contributed by atoms with Gasteiger partial charge in [0, 0.05) is 18.4 Å². The topological polar surface area (TPSA) is 97.4 Å². The predicted octanol–water partition coefficient (Wildman–Crippen LogP) is 4.38. The quantitative estimate of drug-likeness (QED) is 0.342. The van der Waals surface area contributed by atoms with Gasteiger partial charge in [0.1, 0.15) is 16.6 Å². The van der Waals surface area contributed by atoms with Crippen LogP contribution < -0.4 is 14.8 Å². The molecule has 0 aliphatic heterocycles. The minimum atomic E-state index is -3.59. The summed E-state index contributed by atoms with van der Waals surface area (Å²) >= 11 is 1.15. The smallest absolute Gasteiger partial charge is 0.271 e. The van der Waals surface area contributed by atoms with Crippen LogP contribution in [0.2, 0.25) is 0 Å².